The second-order valence-electron chi connectivity index (χ2n) is 4.15. The number of nitrogens with two attached hydrogens (primary N) is 1. The van der Waals surface area contributed by atoms with E-state index in [1.54, 1.807) is 0 Å². The second-order valence-corrected chi connectivity index (χ2v) is 4.59. The van der Waals surface area contributed by atoms with E-state index >= 15 is 0 Å². The lowest BCUT2D eigenvalue weighted by Gasteiger charge is -2.07. The molecule has 0 aliphatic rings. The zero-order valence-corrected chi connectivity index (χ0v) is 11.3. The summed E-state index contributed by atoms with van der Waals surface area (Å²) in [6.07, 6.45) is 0. The Balaban J connectivity index is 2.40. The van der Waals surface area contributed by atoms with Crippen molar-refractivity contribution in [3.63, 3.8) is 0 Å². The van der Waals surface area contributed by atoms with Gasteiger partial charge in [0.25, 0.3) is 0 Å². The monoisotopic (exact) mass is 264 g/mol. The molecular formula is C13H17ClN4. The minimum Gasteiger partial charge on any atom is -0.381 e. The van der Waals surface area contributed by atoms with Crippen LogP contribution in [0.5, 0.6) is 0 Å². The highest BCUT2D eigenvalue weighted by molar-refractivity contribution is 6.30. The molecule has 2 aromatic rings. The fourth-order valence-electron chi connectivity index (χ4n) is 1.95. The van der Waals surface area contributed by atoms with Crippen molar-refractivity contribution in [2.75, 3.05) is 18.4 Å². The molecular weight excluding hydrogens is 248 g/mol. The summed E-state index contributed by atoms with van der Waals surface area (Å²) in [5, 5.41) is 8.53. The molecule has 0 amide bonds. The van der Waals surface area contributed by atoms with Crippen LogP contribution >= 0.6 is 11.6 Å². The first-order valence-electron chi connectivity index (χ1n) is 5.89. The van der Waals surface area contributed by atoms with Crippen LogP contribution in [0.2, 0.25) is 5.02 Å². The Hall–Kier alpha value is -1.52. The van der Waals surface area contributed by atoms with Gasteiger partial charge in [-0.25, -0.2) is 4.68 Å². The first-order valence-corrected chi connectivity index (χ1v) is 6.27. The zero-order chi connectivity index (χ0) is 13.1. The van der Waals surface area contributed by atoms with Crippen LogP contribution in [0, 0.1) is 13.8 Å². The van der Waals surface area contributed by atoms with E-state index in [4.69, 9.17) is 17.3 Å². The molecule has 0 unspecified atom stereocenters. The summed E-state index contributed by atoms with van der Waals surface area (Å²) >= 11 is 6.00. The van der Waals surface area contributed by atoms with Gasteiger partial charge in [-0.2, -0.15) is 5.10 Å². The molecule has 0 saturated heterocycles. The van der Waals surface area contributed by atoms with Gasteiger partial charge in [-0.05, 0) is 32.0 Å². The van der Waals surface area contributed by atoms with E-state index in [9.17, 15) is 0 Å². The fourth-order valence-corrected chi connectivity index (χ4v) is 2.14. The number of aryl methyl sites for hydroxylation is 1. The molecule has 0 aliphatic heterocycles. The summed E-state index contributed by atoms with van der Waals surface area (Å²) in [5.74, 6) is 0. The molecule has 3 N–H and O–H groups in total. The highest BCUT2D eigenvalue weighted by Crippen LogP contribution is 2.23. The van der Waals surface area contributed by atoms with Crippen molar-refractivity contribution in [1.82, 2.24) is 9.78 Å². The van der Waals surface area contributed by atoms with Crippen molar-refractivity contribution < 1.29 is 0 Å². The van der Waals surface area contributed by atoms with E-state index in [-0.39, 0.29) is 0 Å². The Morgan fingerprint density at radius 1 is 1.39 bits per heavy atom. The van der Waals surface area contributed by atoms with Crippen molar-refractivity contribution >= 4 is 17.3 Å². The number of nitrogens with zero attached hydrogens (tertiary/aromatic N) is 2. The van der Waals surface area contributed by atoms with Crippen molar-refractivity contribution in [2.45, 2.75) is 13.8 Å². The van der Waals surface area contributed by atoms with Crippen LogP contribution < -0.4 is 11.1 Å². The molecule has 5 heteroatoms. The molecule has 1 aromatic carbocycles. The molecule has 0 aliphatic carbocycles. The summed E-state index contributed by atoms with van der Waals surface area (Å²) in [5.41, 5.74) is 9.53. The summed E-state index contributed by atoms with van der Waals surface area (Å²) in [6, 6.07) is 7.65. The summed E-state index contributed by atoms with van der Waals surface area (Å²) in [6.45, 7) is 5.34. The van der Waals surface area contributed by atoms with Gasteiger partial charge in [-0.3, -0.25) is 0 Å². The molecule has 18 heavy (non-hydrogen) atoms. The van der Waals surface area contributed by atoms with E-state index in [2.05, 4.69) is 10.4 Å². The van der Waals surface area contributed by atoms with E-state index in [1.807, 2.05) is 42.8 Å². The van der Waals surface area contributed by atoms with Crippen molar-refractivity contribution in [1.29, 1.82) is 0 Å². The maximum atomic E-state index is 6.00. The van der Waals surface area contributed by atoms with Crippen LogP contribution in [-0.2, 0) is 0 Å². The number of halogens is 1. The van der Waals surface area contributed by atoms with E-state index in [1.165, 1.54) is 0 Å². The lowest BCUT2D eigenvalue weighted by Crippen LogP contribution is -2.14. The van der Waals surface area contributed by atoms with Gasteiger partial charge in [-0.1, -0.05) is 17.7 Å². The van der Waals surface area contributed by atoms with Gasteiger partial charge in [0.1, 0.15) is 0 Å². The molecule has 0 radical (unpaired) electrons. The fraction of sp³-hybridized carbons (Fsp3) is 0.308. The number of hydrogen-bond acceptors (Lipinski definition) is 3. The standard InChI is InChI=1S/C13H17ClN4/c1-9-13(16-7-6-15)10(2)18(17-9)12-5-3-4-11(14)8-12/h3-5,8,16H,6-7,15H2,1-2H3. The Morgan fingerprint density at radius 3 is 2.83 bits per heavy atom. The summed E-state index contributed by atoms with van der Waals surface area (Å²) in [7, 11) is 0. The minimum absolute atomic E-state index is 0.598. The van der Waals surface area contributed by atoms with Crippen LogP contribution in [0.3, 0.4) is 0 Å². The van der Waals surface area contributed by atoms with Gasteiger partial charge in [0, 0.05) is 18.1 Å². The molecule has 0 saturated carbocycles. The number of benzene rings is 1. The third-order valence-corrected chi connectivity index (χ3v) is 3.03. The van der Waals surface area contributed by atoms with Crippen LogP contribution in [0.15, 0.2) is 24.3 Å². The van der Waals surface area contributed by atoms with Gasteiger partial charge in [0.2, 0.25) is 0 Å². The molecule has 96 valence electrons. The summed E-state index contributed by atoms with van der Waals surface area (Å²) in [4.78, 5) is 0. The molecule has 4 nitrogen and oxygen atoms in total. The quantitative estimate of drug-likeness (QED) is 0.892. The highest BCUT2D eigenvalue weighted by Gasteiger charge is 2.12. The normalized spacial score (nSPS) is 10.7. The number of anilines is 1. The molecule has 1 aromatic heterocycles. The van der Waals surface area contributed by atoms with Crippen LogP contribution in [-0.4, -0.2) is 22.9 Å². The van der Waals surface area contributed by atoms with E-state index < -0.39 is 0 Å². The number of nitrogens with one attached hydrogen (secondary N) is 1. The lowest BCUT2D eigenvalue weighted by molar-refractivity contribution is 0.833. The topological polar surface area (TPSA) is 55.9 Å². The SMILES string of the molecule is Cc1nn(-c2cccc(Cl)c2)c(C)c1NCCN. The molecule has 0 fully saturated rings. The minimum atomic E-state index is 0.598. The third kappa shape index (κ3) is 2.49. The molecule has 2 rings (SSSR count). The van der Waals surface area contributed by atoms with Crippen LogP contribution in [0.4, 0.5) is 5.69 Å². The number of rotatable bonds is 4. The molecule has 0 atom stereocenters. The Labute approximate surface area is 112 Å². The predicted molar refractivity (Wildman–Crippen MR) is 75.6 cm³/mol. The number of hydrogen-bond donors (Lipinski definition) is 2. The second kappa shape index (κ2) is 5.42. The molecule has 1 heterocycles. The first kappa shape index (κ1) is 12.9. The van der Waals surface area contributed by atoms with Gasteiger partial charge < -0.3 is 11.1 Å². The first-order chi connectivity index (χ1) is 8.63. The van der Waals surface area contributed by atoms with Gasteiger partial charge >= 0.3 is 0 Å². The Kier molecular flexibility index (Phi) is 3.89. The Bertz CT molecular complexity index is 548. The maximum Gasteiger partial charge on any atom is 0.0832 e. The largest absolute Gasteiger partial charge is 0.381 e. The highest BCUT2D eigenvalue weighted by atomic mass is 35.5. The van der Waals surface area contributed by atoms with Crippen molar-refractivity contribution in [2.24, 2.45) is 5.73 Å². The third-order valence-electron chi connectivity index (χ3n) is 2.79. The van der Waals surface area contributed by atoms with Crippen molar-refractivity contribution in [3.8, 4) is 5.69 Å². The zero-order valence-electron chi connectivity index (χ0n) is 10.6. The Morgan fingerprint density at radius 2 is 2.17 bits per heavy atom. The lowest BCUT2D eigenvalue weighted by atomic mass is 10.3. The van der Waals surface area contributed by atoms with E-state index in [0.29, 0.717) is 11.6 Å². The average Bonchev–Trinajstić information content (AvgIpc) is 2.63. The number of aromatic nitrogens is 2. The molecule has 0 bridgehead atoms. The maximum absolute atomic E-state index is 6.00. The van der Waals surface area contributed by atoms with Gasteiger partial charge in [-0.15, -0.1) is 0 Å². The smallest absolute Gasteiger partial charge is 0.0832 e. The predicted octanol–water partition coefficient (Wildman–Crippen LogP) is 2.51. The van der Waals surface area contributed by atoms with Gasteiger partial charge in [0.15, 0.2) is 0 Å². The molecule has 0 spiro atoms. The van der Waals surface area contributed by atoms with Crippen LogP contribution in [0.1, 0.15) is 11.4 Å². The van der Waals surface area contributed by atoms with E-state index in [0.717, 1.165) is 29.3 Å². The summed E-state index contributed by atoms with van der Waals surface area (Å²) < 4.78 is 1.89. The average molecular weight is 265 g/mol. The van der Waals surface area contributed by atoms with Crippen LogP contribution in [0.25, 0.3) is 5.69 Å². The van der Waals surface area contributed by atoms with Crippen molar-refractivity contribution in [3.05, 3.63) is 40.7 Å². The van der Waals surface area contributed by atoms with Gasteiger partial charge in [0.05, 0.1) is 22.8 Å².